The fourth-order valence-electron chi connectivity index (χ4n) is 2.94. The number of anilines is 1. The number of hydrazone groups is 1. The van der Waals surface area contributed by atoms with E-state index in [1.807, 2.05) is 17.9 Å². The summed E-state index contributed by atoms with van der Waals surface area (Å²) in [6.45, 7) is 3.63. The molecule has 1 amide bonds. The van der Waals surface area contributed by atoms with Crippen LogP contribution in [0.15, 0.2) is 38.3 Å². The molecule has 0 saturated carbocycles. The van der Waals surface area contributed by atoms with Crippen molar-refractivity contribution in [1.82, 2.24) is 5.43 Å². The van der Waals surface area contributed by atoms with E-state index in [0.717, 1.165) is 31.5 Å². The highest BCUT2D eigenvalue weighted by molar-refractivity contribution is 9.11. The van der Waals surface area contributed by atoms with Crippen molar-refractivity contribution >= 4 is 49.7 Å². The molecule has 2 aromatic carbocycles. The van der Waals surface area contributed by atoms with Gasteiger partial charge in [-0.25, -0.2) is 9.82 Å². The molecule has 0 atom stereocenters. The summed E-state index contributed by atoms with van der Waals surface area (Å²) < 4.78 is 15.2. The maximum Gasteiger partial charge on any atom is 0.271 e. The second kappa shape index (κ2) is 8.39. The predicted molar refractivity (Wildman–Crippen MR) is 111 cm³/mol. The Balaban J connectivity index is 1.72. The Kier molecular flexibility index (Phi) is 6.16. The van der Waals surface area contributed by atoms with Gasteiger partial charge in [-0.3, -0.25) is 4.79 Å². The lowest BCUT2D eigenvalue weighted by atomic mass is 10.1. The highest BCUT2D eigenvalue weighted by Gasteiger charge is 2.17. The number of amides is 1. The summed E-state index contributed by atoms with van der Waals surface area (Å²) in [7, 11) is 0. The second-order valence-corrected chi connectivity index (χ2v) is 8.05. The molecule has 27 heavy (non-hydrogen) atoms. The third-order valence-corrected chi connectivity index (χ3v) is 5.64. The highest BCUT2D eigenvalue weighted by Crippen LogP contribution is 2.33. The summed E-state index contributed by atoms with van der Waals surface area (Å²) in [5.74, 6) is -0.722. The number of halogens is 3. The van der Waals surface area contributed by atoms with Crippen molar-refractivity contribution in [3.05, 3.63) is 55.7 Å². The molecule has 0 aromatic heterocycles. The standard InChI is InChI=1S/C19H18Br2FN3O2/c1-11-6-17(25-4-2-3-5-25)16(22)9-13(11)10-23-24-19(27)12-7-14(20)18(26)15(21)8-12/h6-10,26H,2-5H2,1H3,(H,24,27). The van der Waals surface area contributed by atoms with E-state index in [2.05, 4.69) is 42.4 Å². The number of nitrogens with zero attached hydrogens (tertiary/aromatic N) is 2. The maximum atomic E-state index is 14.4. The van der Waals surface area contributed by atoms with Crippen molar-refractivity contribution in [3.63, 3.8) is 0 Å². The largest absolute Gasteiger partial charge is 0.506 e. The highest BCUT2D eigenvalue weighted by atomic mass is 79.9. The molecule has 1 aliphatic rings. The van der Waals surface area contributed by atoms with Crippen molar-refractivity contribution in [1.29, 1.82) is 0 Å². The molecule has 3 rings (SSSR count). The number of benzene rings is 2. The molecular formula is C19H18Br2FN3O2. The van der Waals surface area contributed by atoms with Gasteiger partial charge in [-0.05, 0) is 81.5 Å². The van der Waals surface area contributed by atoms with Gasteiger partial charge in [0.1, 0.15) is 11.6 Å². The van der Waals surface area contributed by atoms with Crippen molar-refractivity contribution in [2.24, 2.45) is 5.10 Å². The lowest BCUT2D eigenvalue weighted by Gasteiger charge is -2.19. The average Bonchev–Trinajstić information content (AvgIpc) is 3.16. The van der Waals surface area contributed by atoms with E-state index in [0.29, 0.717) is 25.8 Å². The molecule has 2 N–H and O–H groups in total. The molecule has 1 saturated heterocycles. The molecule has 8 heteroatoms. The van der Waals surface area contributed by atoms with E-state index in [1.54, 1.807) is 0 Å². The number of carbonyl (C=O) groups excluding carboxylic acids is 1. The van der Waals surface area contributed by atoms with Crippen LogP contribution in [0.5, 0.6) is 5.75 Å². The van der Waals surface area contributed by atoms with Gasteiger partial charge in [-0.2, -0.15) is 5.10 Å². The number of rotatable bonds is 4. The number of phenolic OH excluding ortho intramolecular Hbond substituents is 1. The van der Waals surface area contributed by atoms with Crippen LogP contribution in [0.2, 0.25) is 0 Å². The van der Waals surface area contributed by atoms with E-state index < -0.39 is 5.91 Å². The molecule has 0 radical (unpaired) electrons. The fourth-order valence-corrected chi connectivity index (χ4v) is 4.13. The van der Waals surface area contributed by atoms with Crippen LogP contribution in [0.1, 0.15) is 34.3 Å². The zero-order valence-electron chi connectivity index (χ0n) is 14.6. The molecule has 1 fully saturated rings. The lowest BCUT2D eigenvalue weighted by molar-refractivity contribution is 0.0955. The SMILES string of the molecule is Cc1cc(N2CCCC2)c(F)cc1C=NNC(=O)c1cc(Br)c(O)c(Br)c1. The molecule has 1 heterocycles. The number of carbonyl (C=O) groups is 1. The quantitative estimate of drug-likeness (QED) is 0.473. The Hall–Kier alpha value is -1.93. The van der Waals surface area contributed by atoms with Gasteiger partial charge in [-0.15, -0.1) is 0 Å². The Labute approximate surface area is 173 Å². The molecule has 0 aliphatic carbocycles. The Bertz CT molecular complexity index is 889. The molecule has 0 unspecified atom stereocenters. The van der Waals surface area contributed by atoms with Gasteiger partial charge in [0.2, 0.25) is 0 Å². The molecule has 142 valence electrons. The first-order chi connectivity index (χ1) is 12.9. The van der Waals surface area contributed by atoms with E-state index in [9.17, 15) is 14.3 Å². The van der Waals surface area contributed by atoms with Crippen LogP contribution in [0.3, 0.4) is 0 Å². The summed E-state index contributed by atoms with van der Waals surface area (Å²) in [6, 6.07) is 6.23. The zero-order chi connectivity index (χ0) is 19.6. The van der Waals surface area contributed by atoms with Crippen LogP contribution in [0, 0.1) is 12.7 Å². The number of hydrogen-bond acceptors (Lipinski definition) is 4. The van der Waals surface area contributed by atoms with Crippen LogP contribution < -0.4 is 10.3 Å². The monoisotopic (exact) mass is 497 g/mol. The molecule has 0 bridgehead atoms. The van der Waals surface area contributed by atoms with Gasteiger partial charge >= 0.3 is 0 Å². The van der Waals surface area contributed by atoms with E-state index in [-0.39, 0.29) is 11.6 Å². The number of hydrogen-bond donors (Lipinski definition) is 2. The van der Waals surface area contributed by atoms with E-state index in [1.165, 1.54) is 24.4 Å². The van der Waals surface area contributed by atoms with Gasteiger partial charge in [0, 0.05) is 24.2 Å². The Morgan fingerprint density at radius 3 is 2.48 bits per heavy atom. The first-order valence-corrected chi connectivity index (χ1v) is 10.0. The molecule has 1 aliphatic heterocycles. The van der Waals surface area contributed by atoms with Crippen molar-refractivity contribution < 1.29 is 14.3 Å². The first-order valence-electron chi connectivity index (χ1n) is 8.43. The first kappa shape index (κ1) is 19.8. The maximum absolute atomic E-state index is 14.4. The number of phenols is 1. The average molecular weight is 499 g/mol. The van der Waals surface area contributed by atoms with Crippen LogP contribution in [0.25, 0.3) is 0 Å². The van der Waals surface area contributed by atoms with Crippen LogP contribution >= 0.6 is 31.9 Å². The zero-order valence-corrected chi connectivity index (χ0v) is 17.8. The van der Waals surface area contributed by atoms with Gasteiger partial charge in [-0.1, -0.05) is 0 Å². The van der Waals surface area contributed by atoms with Crippen LogP contribution in [-0.4, -0.2) is 30.3 Å². The third-order valence-electron chi connectivity index (χ3n) is 4.43. The lowest BCUT2D eigenvalue weighted by Crippen LogP contribution is -2.19. The summed E-state index contributed by atoms with van der Waals surface area (Å²) in [6.07, 6.45) is 3.59. The number of aromatic hydroxyl groups is 1. The molecule has 2 aromatic rings. The summed E-state index contributed by atoms with van der Waals surface area (Å²) in [5.41, 5.74) is 4.83. The van der Waals surface area contributed by atoms with Crippen molar-refractivity contribution in [2.45, 2.75) is 19.8 Å². The van der Waals surface area contributed by atoms with Crippen LogP contribution in [0.4, 0.5) is 10.1 Å². The summed E-state index contributed by atoms with van der Waals surface area (Å²) in [5, 5.41) is 13.6. The molecule has 0 spiro atoms. The molecular weight excluding hydrogens is 481 g/mol. The van der Waals surface area contributed by atoms with E-state index >= 15 is 0 Å². The predicted octanol–water partition coefficient (Wildman–Crippen LogP) is 4.73. The van der Waals surface area contributed by atoms with Crippen molar-refractivity contribution in [2.75, 3.05) is 18.0 Å². The third kappa shape index (κ3) is 4.50. The Morgan fingerprint density at radius 2 is 1.85 bits per heavy atom. The minimum atomic E-state index is -0.445. The van der Waals surface area contributed by atoms with Gasteiger partial charge in [0.15, 0.2) is 0 Å². The summed E-state index contributed by atoms with van der Waals surface area (Å²) >= 11 is 6.36. The van der Waals surface area contributed by atoms with Crippen LogP contribution in [-0.2, 0) is 0 Å². The van der Waals surface area contributed by atoms with Gasteiger partial charge < -0.3 is 10.0 Å². The van der Waals surface area contributed by atoms with E-state index in [4.69, 9.17) is 0 Å². The Morgan fingerprint density at radius 1 is 1.22 bits per heavy atom. The molecule has 5 nitrogen and oxygen atoms in total. The smallest absolute Gasteiger partial charge is 0.271 e. The number of aryl methyl sites for hydroxylation is 1. The minimum Gasteiger partial charge on any atom is -0.506 e. The minimum absolute atomic E-state index is 0.0132. The van der Waals surface area contributed by atoms with Gasteiger partial charge in [0.05, 0.1) is 20.8 Å². The fraction of sp³-hybridized carbons (Fsp3) is 0.263. The second-order valence-electron chi connectivity index (χ2n) is 6.34. The van der Waals surface area contributed by atoms with Crippen molar-refractivity contribution in [3.8, 4) is 5.75 Å². The number of nitrogens with one attached hydrogen (secondary N) is 1. The van der Waals surface area contributed by atoms with Gasteiger partial charge in [0.25, 0.3) is 5.91 Å². The summed E-state index contributed by atoms with van der Waals surface area (Å²) in [4.78, 5) is 14.2. The topological polar surface area (TPSA) is 64.9 Å². The normalized spacial score (nSPS) is 14.1.